The molecule has 0 atom stereocenters. The topological polar surface area (TPSA) is 63.0 Å². The molecule has 0 N–H and O–H groups in total. The Morgan fingerprint density at radius 1 is 1.09 bits per heavy atom. The van der Waals surface area contributed by atoms with Gasteiger partial charge in [-0.2, -0.15) is 0 Å². The Labute approximate surface area is 211 Å². The van der Waals surface area contributed by atoms with Crippen molar-refractivity contribution in [1.29, 1.82) is 0 Å². The van der Waals surface area contributed by atoms with E-state index in [0.717, 1.165) is 55.9 Å². The van der Waals surface area contributed by atoms with Crippen LogP contribution in [0.4, 0.5) is 14.6 Å². The van der Waals surface area contributed by atoms with Crippen LogP contribution in [0.2, 0.25) is 0 Å². The van der Waals surface area contributed by atoms with E-state index in [1.807, 2.05) is 20.8 Å². The van der Waals surface area contributed by atoms with Gasteiger partial charge in [0.2, 0.25) is 0 Å². The molecule has 1 aliphatic heterocycles. The van der Waals surface area contributed by atoms with Gasteiger partial charge in [0.1, 0.15) is 23.2 Å². The lowest BCUT2D eigenvalue weighted by atomic mass is 9.85. The average molecular weight is 516 g/mol. The van der Waals surface area contributed by atoms with E-state index in [0.29, 0.717) is 17.6 Å². The molecular weight excluding hydrogens is 480 g/mol. The highest BCUT2D eigenvalue weighted by molar-refractivity contribution is 7.99. The molecule has 1 aliphatic carbocycles. The Morgan fingerprint density at radius 2 is 1.79 bits per heavy atom. The summed E-state index contributed by atoms with van der Waals surface area (Å²) in [6.07, 6.45) is 2.26. The molecule has 0 aromatic carbocycles. The van der Waals surface area contributed by atoms with Gasteiger partial charge in [-0.1, -0.05) is 39.0 Å². The van der Waals surface area contributed by atoms with Gasteiger partial charge in [-0.3, -0.25) is 4.90 Å². The van der Waals surface area contributed by atoms with Gasteiger partial charge >= 0.3 is 0 Å². The molecule has 0 radical (unpaired) electrons. The van der Waals surface area contributed by atoms with Gasteiger partial charge in [0.15, 0.2) is 5.16 Å². The summed E-state index contributed by atoms with van der Waals surface area (Å²) in [4.78, 5) is 13.3. The number of thioether (sulfide) groups is 1. The fourth-order valence-electron chi connectivity index (χ4n) is 4.19. The van der Waals surface area contributed by atoms with Crippen LogP contribution in [0, 0.1) is 0 Å². The van der Waals surface area contributed by atoms with Crippen LogP contribution in [0.5, 0.6) is 0 Å². The standard InChI is InChI=1S/C23H35F2N7S.ClH/c1-23(2,3)21-26-17(19(24)25)15-18(27-21)32-12-10-31(11-13-32)9-6-14-33-22-29-28-20(30(22)4)16-7-5-8-16;/h15-16,19H,5-14H2,1-4H3;1H. The lowest BCUT2D eigenvalue weighted by Gasteiger charge is -2.36. The van der Waals surface area contributed by atoms with E-state index in [1.54, 1.807) is 11.8 Å². The van der Waals surface area contributed by atoms with Crippen LogP contribution in [-0.4, -0.2) is 68.1 Å². The molecule has 2 aromatic heterocycles. The van der Waals surface area contributed by atoms with Crippen molar-refractivity contribution in [3.8, 4) is 0 Å². The molecule has 190 valence electrons. The molecule has 11 heteroatoms. The largest absolute Gasteiger partial charge is 0.354 e. The molecule has 2 aromatic rings. The fraction of sp³-hybridized carbons (Fsp3) is 0.739. The number of piperazine rings is 1. The van der Waals surface area contributed by atoms with Gasteiger partial charge in [0, 0.05) is 56.4 Å². The van der Waals surface area contributed by atoms with Crippen molar-refractivity contribution in [3.05, 3.63) is 23.4 Å². The second-order valence-electron chi connectivity index (χ2n) is 10.1. The zero-order valence-electron chi connectivity index (χ0n) is 20.5. The molecule has 0 amide bonds. The monoisotopic (exact) mass is 515 g/mol. The van der Waals surface area contributed by atoms with Crippen molar-refractivity contribution in [2.24, 2.45) is 7.05 Å². The summed E-state index contributed by atoms with van der Waals surface area (Å²) in [7, 11) is 2.08. The molecule has 34 heavy (non-hydrogen) atoms. The molecule has 0 bridgehead atoms. The molecule has 0 unspecified atom stereocenters. The van der Waals surface area contributed by atoms with Crippen molar-refractivity contribution in [2.45, 2.75) is 69.4 Å². The molecular formula is C23H36ClF2N7S. The molecule has 1 saturated carbocycles. The third kappa shape index (κ3) is 6.37. The van der Waals surface area contributed by atoms with Crippen LogP contribution in [0.15, 0.2) is 11.2 Å². The highest BCUT2D eigenvalue weighted by atomic mass is 35.5. The van der Waals surface area contributed by atoms with Gasteiger partial charge < -0.3 is 9.47 Å². The van der Waals surface area contributed by atoms with E-state index in [-0.39, 0.29) is 23.5 Å². The molecule has 4 rings (SSSR count). The van der Waals surface area contributed by atoms with E-state index < -0.39 is 6.43 Å². The number of hydrogen-bond donors (Lipinski definition) is 0. The van der Waals surface area contributed by atoms with Gasteiger partial charge in [0.25, 0.3) is 6.43 Å². The minimum Gasteiger partial charge on any atom is -0.354 e. The number of anilines is 1. The predicted octanol–water partition coefficient (Wildman–Crippen LogP) is 4.83. The summed E-state index contributed by atoms with van der Waals surface area (Å²) in [5.74, 6) is 3.83. The van der Waals surface area contributed by atoms with E-state index in [9.17, 15) is 8.78 Å². The first-order chi connectivity index (χ1) is 15.7. The summed E-state index contributed by atoms with van der Waals surface area (Å²) < 4.78 is 29.0. The number of hydrogen-bond acceptors (Lipinski definition) is 7. The highest BCUT2D eigenvalue weighted by Gasteiger charge is 2.26. The normalized spacial score (nSPS) is 17.7. The summed E-state index contributed by atoms with van der Waals surface area (Å²) in [6, 6.07) is 1.45. The number of aromatic nitrogens is 5. The van der Waals surface area contributed by atoms with Crippen molar-refractivity contribution in [3.63, 3.8) is 0 Å². The van der Waals surface area contributed by atoms with Crippen LogP contribution >= 0.6 is 24.2 Å². The molecule has 2 aliphatic rings. The van der Waals surface area contributed by atoms with E-state index >= 15 is 0 Å². The van der Waals surface area contributed by atoms with Crippen molar-refractivity contribution in [1.82, 2.24) is 29.6 Å². The maximum absolute atomic E-state index is 13.4. The van der Waals surface area contributed by atoms with Crippen LogP contribution in [0.25, 0.3) is 0 Å². The number of rotatable bonds is 8. The Kier molecular flexibility index (Phi) is 9.14. The van der Waals surface area contributed by atoms with Crippen LogP contribution in [0.3, 0.4) is 0 Å². The maximum atomic E-state index is 13.4. The second kappa shape index (κ2) is 11.5. The summed E-state index contributed by atoms with van der Waals surface area (Å²) in [6.45, 7) is 10.2. The number of alkyl halides is 2. The summed E-state index contributed by atoms with van der Waals surface area (Å²) in [5.41, 5.74) is -0.561. The zero-order chi connectivity index (χ0) is 23.6. The fourth-order valence-corrected chi connectivity index (χ4v) is 5.03. The lowest BCUT2D eigenvalue weighted by Crippen LogP contribution is -2.47. The zero-order valence-corrected chi connectivity index (χ0v) is 22.1. The van der Waals surface area contributed by atoms with Crippen LogP contribution in [0.1, 0.15) is 76.1 Å². The van der Waals surface area contributed by atoms with Gasteiger partial charge in [-0.15, -0.1) is 22.6 Å². The number of nitrogens with zero attached hydrogens (tertiary/aromatic N) is 7. The Morgan fingerprint density at radius 3 is 2.38 bits per heavy atom. The highest BCUT2D eigenvalue weighted by Crippen LogP contribution is 2.36. The third-order valence-electron chi connectivity index (χ3n) is 6.51. The minimum absolute atomic E-state index is 0. The molecule has 1 saturated heterocycles. The quantitative estimate of drug-likeness (QED) is 0.368. The van der Waals surface area contributed by atoms with Gasteiger partial charge in [0.05, 0.1) is 0 Å². The van der Waals surface area contributed by atoms with Crippen LogP contribution < -0.4 is 4.90 Å². The SMILES string of the molecule is Cl.Cn1c(SCCCN2CCN(c3cc(C(F)F)nc(C(C)(C)C)n3)CC2)nnc1C1CCC1. The van der Waals surface area contributed by atoms with Crippen molar-refractivity contribution >= 4 is 30.0 Å². The third-order valence-corrected chi connectivity index (χ3v) is 7.62. The van der Waals surface area contributed by atoms with E-state index in [1.165, 1.54) is 25.3 Å². The van der Waals surface area contributed by atoms with Crippen molar-refractivity contribution in [2.75, 3.05) is 43.4 Å². The average Bonchev–Trinajstić information content (AvgIpc) is 3.09. The first-order valence-electron chi connectivity index (χ1n) is 11.9. The maximum Gasteiger partial charge on any atom is 0.280 e. The molecule has 0 spiro atoms. The Bertz CT molecular complexity index is 938. The minimum atomic E-state index is -2.59. The van der Waals surface area contributed by atoms with Gasteiger partial charge in [-0.25, -0.2) is 18.7 Å². The first-order valence-corrected chi connectivity index (χ1v) is 12.9. The first kappa shape index (κ1) is 27.1. The van der Waals surface area contributed by atoms with Crippen molar-refractivity contribution < 1.29 is 8.78 Å². The Balaban J connectivity index is 0.00000324. The molecule has 2 fully saturated rings. The lowest BCUT2D eigenvalue weighted by molar-refractivity contribution is 0.145. The predicted molar refractivity (Wildman–Crippen MR) is 135 cm³/mol. The smallest absolute Gasteiger partial charge is 0.280 e. The summed E-state index contributed by atoms with van der Waals surface area (Å²) in [5, 5.41) is 9.79. The van der Waals surface area contributed by atoms with E-state index in [4.69, 9.17) is 0 Å². The Hall–Kier alpha value is -1.52. The van der Waals surface area contributed by atoms with Gasteiger partial charge in [-0.05, 0) is 25.8 Å². The summed E-state index contributed by atoms with van der Waals surface area (Å²) >= 11 is 1.78. The molecule has 3 heterocycles. The van der Waals surface area contributed by atoms with Crippen LogP contribution in [-0.2, 0) is 12.5 Å². The number of halogens is 3. The van der Waals surface area contributed by atoms with E-state index in [2.05, 4.69) is 41.6 Å². The second-order valence-corrected chi connectivity index (χ2v) is 11.1. The molecule has 7 nitrogen and oxygen atoms in total.